The summed E-state index contributed by atoms with van der Waals surface area (Å²) in [5.41, 5.74) is -1.11. The summed E-state index contributed by atoms with van der Waals surface area (Å²) in [6.07, 6.45) is 5.07. The molecule has 17 heavy (non-hydrogen) atoms. The number of rotatable bonds is 0. The maximum Gasteiger partial charge on any atom is 0.410 e. The van der Waals surface area contributed by atoms with E-state index in [0.717, 1.165) is 0 Å². The van der Waals surface area contributed by atoms with Crippen molar-refractivity contribution >= 4 is 6.09 Å². The van der Waals surface area contributed by atoms with E-state index in [2.05, 4.69) is 12.0 Å². The summed E-state index contributed by atoms with van der Waals surface area (Å²) in [5.74, 6) is 2.83. The van der Waals surface area contributed by atoms with E-state index < -0.39 is 11.0 Å². The molecule has 4 nitrogen and oxygen atoms in total. The van der Waals surface area contributed by atoms with Crippen LogP contribution in [0.4, 0.5) is 4.79 Å². The van der Waals surface area contributed by atoms with Gasteiger partial charge in [0.15, 0.2) is 0 Å². The summed E-state index contributed by atoms with van der Waals surface area (Å²) in [6.45, 7) is 6.59. The molecule has 0 N–H and O–H groups in total. The largest absolute Gasteiger partial charge is 0.444 e. The zero-order chi connectivity index (χ0) is 12.8. The lowest BCUT2D eigenvalue weighted by molar-refractivity contribution is 0.0264. The Kier molecular flexibility index (Phi) is 2.36. The lowest BCUT2D eigenvalue weighted by Crippen LogP contribution is -2.38. The highest BCUT2D eigenvalue weighted by Crippen LogP contribution is 2.61. The quantitative estimate of drug-likeness (QED) is 0.596. The van der Waals surface area contributed by atoms with Crippen LogP contribution in [0.2, 0.25) is 0 Å². The van der Waals surface area contributed by atoms with E-state index in [0.29, 0.717) is 13.1 Å². The smallest absolute Gasteiger partial charge is 0.410 e. The maximum absolute atomic E-state index is 11.8. The van der Waals surface area contributed by atoms with Crippen LogP contribution in [-0.4, -0.2) is 29.7 Å². The summed E-state index contributed by atoms with van der Waals surface area (Å²) in [4.78, 5) is 13.4. The molecule has 0 aromatic carbocycles. The van der Waals surface area contributed by atoms with Gasteiger partial charge in [0.05, 0.1) is 6.07 Å². The molecular weight excluding hydrogens is 216 g/mol. The van der Waals surface area contributed by atoms with Gasteiger partial charge in [0.1, 0.15) is 11.0 Å². The van der Waals surface area contributed by atoms with Crippen LogP contribution in [0.3, 0.4) is 0 Å². The van der Waals surface area contributed by atoms with E-state index in [9.17, 15) is 4.79 Å². The number of carbonyl (C=O) groups excluding carboxylic acids is 1. The van der Waals surface area contributed by atoms with Crippen molar-refractivity contribution in [1.82, 2.24) is 4.90 Å². The van der Waals surface area contributed by atoms with Crippen LogP contribution in [0.25, 0.3) is 0 Å². The third-order valence-electron chi connectivity index (χ3n) is 3.46. The predicted octanol–water partition coefficient (Wildman–Crippen LogP) is 1.63. The monoisotopic (exact) mass is 232 g/mol. The van der Waals surface area contributed by atoms with Crippen LogP contribution in [0.1, 0.15) is 20.8 Å². The van der Waals surface area contributed by atoms with Gasteiger partial charge in [-0.05, 0) is 20.8 Å². The van der Waals surface area contributed by atoms with Crippen LogP contribution >= 0.6 is 0 Å². The number of amides is 1. The minimum absolute atomic E-state index is 0.130. The fourth-order valence-corrected chi connectivity index (χ4v) is 2.52. The first-order valence-electron chi connectivity index (χ1n) is 5.71. The highest BCUT2D eigenvalue weighted by Gasteiger charge is 2.69. The van der Waals surface area contributed by atoms with Gasteiger partial charge in [0.25, 0.3) is 0 Å². The molecule has 2 rings (SSSR count). The Morgan fingerprint density at radius 1 is 1.47 bits per heavy atom. The zero-order valence-corrected chi connectivity index (χ0v) is 10.4. The van der Waals surface area contributed by atoms with Crippen LogP contribution in [0, 0.1) is 40.9 Å². The second kappa shape index (κ2) is 3.40. The van der Waals surface area contributed by atoms with Crippen LogP contribution in [-0.2, 0) is 4.74 Å². The van der Waals surface area contributed by atoms with Crippen molar-refractivity contribution in [2.45, 2.75) is 26.4 Å². The van der Waals surface area contributed by atoms with Gasteiger partial charge in [0, 0.05) is 24.9 Å². The number of nitriles is 1. The number of piperidine rings is 1. The average Bonchev–Trinajstić information content (AvgIpc) is 2.60. The lowest BCUT2D eigenvalue weighted by atomic mass is 10.0. The molecule has 1 heterocycles. The third kappa shape index (κ3) is 1.74. The maximum atomic E-state index is 11.8. The van der Waals surface area contributed by atoms with Gasteiger partial charge in [-0.25, -0.2) is 4.79 Å². The average molecular weight is 232 g/mol. The van der Waals surface area contributed by atoms with Gasteiger partial charge in [0.2, 0.25) is 0 Å². The summed E-state index contributed by atoms with van der Waals surface area (Å²) in [6, 6.07) is 2.20. The standard InChI is InChI=1S/C13H16N2O2/c1-5-13(8-14)9-6-15(7-10(9)13)11(16)17-12(2,3)4/h1,9-10H,6-7H2,2-4H3/t9-,10+,13?. The molecule has 0 aromatic rings. The molecule has 1 amide bonds. The zero-order valence-electron chi connectivity index (χ0n) is 10.4. The summed E-state index contributed by atoms with van der Waals surface area (Å²) in [5, 5.41) is 9.05. The molecule has 2 aliphatic rings. The number of nitrogens with zero attached hydrogens (tertiary/aromatic N) is 2. The minimum atomic E-state index is -0.626. The molecule has 90 valence electrons. The molecule has 1 saturated carbocycles. The SMILES string of the molecule is C#CC1(C#N)[C@@H]2CN(C(=O)OC(C)(C)C)C[C@@H]21. The van der Waals surface area contributed by atoms with Gasteiger partial charge in [-0.2, -0.15) is 5.26 Å². The highest BCUT2D eigenvalue weighted by molar-refractivity contribution is 5.69. The van der Waals surface area contributed by atoms with Crippen molar-refractivity contribution in [3.8, 4) is 18.4 Å². The molecule has 1 saturated heterocycles. The van der Waals surface area contributed by atoms with E-state index in [-0.39, 0.29) is 17.9 Å². The van der Waals surface area contributed by atoms with Crippen LogP contribution in [0.15, 0.2) is 0 Å². The number of ether oxygens (including phenoxy) is 1. The molecule has 0 bridgehead atoms. The summed E-state index contributed by atoms with van der Waals surface area (Å²) >= 11 is 0. The second-order valence-corrected chi connectivity index (χ2v) is 5.72. The third-order valence-corrected chi connectivity index (χ3v) is 3.46. The number of carbonyl (C=O) groups is 1. The van der Waals surface area contributed by atoms with E-state index in [4.69, 9.17) is 16.4 Å². The molecule has 0 aromatic heterocycles. The van der Waals surface area contributed by atoms with Gasteiger partial charge < -0.3 is 9.64 Å². The molecule has 1 unspecified atom stereocenters. The topological polar surface area (TPSA) is 53.3 Å². The van der Waals surface area contributed by atoms with Crippen molar-refractivity contribution in [1.29, 1.82) is 5.26 Å². The van der Waals surface area contributed by atoms with E-state index >= 15 is 0 Å². The number of fused-ring (bicyclic) bond motifs is 1. The Hall–Kier alpha value is -1.68. The van der Waals surface area contributed by atoms with Crippen molar-refractivity contribution < 1.29 is 9.53 Å². The number of likely N-dealkylation sites (tertiary alicyclic amines) is 1. The fraction of sp³-hybridized carbons (Fsp3) is 0.692. The van der Waals surface area contributed by atoms with Crippen molar-refractivity contribution in [2.75, 3.05) is 13.1 Å². The van der Waals surface area contributed by atoms with Gasteiger partial charge in [-0.1, -0.05) is 5.92 Å². The Balaban J connectivity index is 1.95. The van der Waals surface area contributed by atoms with Crippen LogP contribution in [0.5, 0.6) is 0 Å². The molecular formula is C13H16N2O2. The van der Waals surface area contributed by atoms with Crippen molar-refractivity contribution in [3.63, 3.8) is 0 Å². The van der Waals surface area contributed by atoms with Crippen LogP contribution < -0.4 is 0 Å². The molecule has 3 atom stereocenters. The molecule has 4 heteroatoms. The molecule has 1 aliphatic heterocycles. The van der Waals surface area contributed by atoms with E-state index in [1.807, 2.05) is 20.8 Å². The Bertz CT molecular complexity index is 408. The Morgan fingerprint density at radius 2 is 2.00 bits per heavy atom. The first-order chi connectivity index (χ1) is 7.84. The molecule has 0 radical (unpaired) electrons. The molecule has 0 spiro atoms. The number of hydrogen-bond acceptors (Lipinski definition) is 3. The normalized spacial score (nSPS) is 34.5. The lowest BCUT2D eigenvalue weighted by Gasteiger charge is -2.26. The van der Waals surface area contributed by atoms with Gasteiger partial charge in [-0.3, -0.25) is 0 Å². The first kappa shape index (κ1) is 11.8. The highest BCUT2D eigenvalue weighted by atomic mass is 16.6. The number of terminal acetylenes is 1. The molecule has 1 aliphatic carbocycles. The Morgan fingerprint density at radius 3 is 2.35 bits per heavy atom. The molecule has 2 fully saturated rings. The second-order valence-electron chi connectivity index (χ2n) is 5.72. The summed E-state index contributed by atoms with van der Waals surface area (Å²) < 4.78 is 5.28. The first-order valence-corrected chi connectivity index (χ1v) is 5.71. The Labute approximate surface area is 102 Å². The minimum Gasteiger partial charge on any atom is -0.444 e. The van der Waals surface area contributed by atoms with Gasteiger partial charge in [-0.15, -0.1) is 6.42 Å². The summed E-state index contributed by atoms with van der Waals surface area (Å²) in [7, 11) is 0. The fourth-order valence-electron chi connectivity index (χ4n) is 2.52. The van der Waals surface area contributed by atoms with Crippen molar-refractivity contribution in [2.24, 2.45) is 17.3 Å². The van der Waals surface area contributed by atoms with E-state index in [1.165, 1.54) is 0 Å². The number of hydrogen-bond donors (Lipinski definition) is 0. The van der Waals surface area contributed by atoms with E-state index in [1.54, 1.807) is 4.90 Å². The van der Waals surface area contributed by atoms with Gasteiger partial charge >= 0.3 is 6.09 Å². The predicted molar refractivity (Wildman–Crippen MR) is 61.7 cm³/mol. The van der Waals surface area contributed by atoms with Crippen molar-refractivity contribution in [3.05, 3.63) is 0 Å².